The van der Waals surface area contributed by atoms with E-state index in [1.165, 1.54) is 6.07 Å². The van der Waals surface area contributed by atoms with Crippen molar-refractivity contribution in [1.82, 2.24) is 20.5 Å². The Morgan fingerprint density at radius 2 is 2.12 bits per heavy atom. The molecule has 1 aliphatic heterocycles. The molecule has 0 amide bonds. The van der Waals surface area contributed by atoms with Gasteiger partial charge in [0.15, 0.2) is 5.82 Å². The molecule has 3 aromatic rings. The first-order chi connectivity index (χ1) is 12.3. The SMILES string of the molecule is Fc1cc(CNC[C@H]2CCCN2c2cccnn2)c2ncccc2c1. The van der Waals surface area contributed by atoms with Crippen LogP contribution in [0.3, 0.4) is 0 Å². The number of fused-ring (bicyclic) bond motifs is 1. The molecule has 4 rings (SSSR count). The van der Waals surface area contributed by atoms with E-state index in [4.69, 9.17) is 0 Å². The first kappa shape index (κ1) is 15.9. The van der Waals surface area contributed by atoms with Crippen molar-refractivity contribution >= 4 is 16.7 Å². The van der Waals surface area contributed by atoms with E-state index in [1.54, 1.807) is 18.5 Å². The van der Waals surface area contributed by atoms with Crippen molar-refractivity contribution in [2.75, 3.05) is 18.0 Å². The summed E-state index contributed by atoms with van der Waals surface area (Å²) in [5.41, 5.74) is 1.74. The van der Waals surface area contributed by atoms with Gasteiger partial charge in [0.1, 0.15) is 5.82 Å². The first-order valence-electron chi connectivity index (χ1n) is 8.59. The van der Waals surface area contributed by atoms with E-state index in [-0.39, 0.29) is 5.82 Å². The van der Waals surface area contributed by atoms with Crippen molar-refractivity contribution < 1.29 is 4.39 Å². The van der Waals surface area contributed by atoms with E-state index < -0.39 is 0 Å². The van der Waals surface area contributed by atoms with Crippen LogP contribution in [-0.4, -0.2) is 34.3 Å². The van der Waals surface area contributed by atoms with Crippen molar-refractivity contribution in [3.05, 3.63) is 60.2 Å². The largest absolute Gasteiger partial charge is 0.351 e. The number of nitrogens with zero attached hydrogens (tertiary/aromatic N) is 4. The van der Waals surface area contributed by atoms with Crippen molar-refractivity contribution in [3.63, 3.8) is 0 Å². The van der Waals surface area contributed by atoms with Crippen LogP contribution in [0.1, 0.15) is 18.4 Å². The summed E-state index contributed by atoms with van der Waals surface area (Å²) in [6.45, 7) is 2.41. The quantitative estimate of drug-likeness (QED) is 0.776. The zero-order valence-electron chi connectivity index (χ0n) is 13.9. The molecular weight excluding hydrogens is 317 g/mol. The third kappa shape index (κ3) is 3.44. The molecule has 3 heterocycles. The van der Waals surface area contributed by atoms with Gasteiger partial charge in [-0.2, -0.15) is 5.10 Å². The Kier molecular flexibility index (Phi) is 4.52. The lowest BCUT2D eigenvalue weighted by atomic mass is 10.1. The third-order valence-electron chi connectivity index (χ3n) is 4.67. The predicted octanol–water partition coefficient (Wildman–Crippen LogP) is 2.92. The fourth-order valence-electron chi connectivity index (χ4n) is 3.53. The lowest BCUT2D eigenvalue weighted by Gasteiger charge is -2.25. The maximum atomic E-state index is 13.8. The van der Waals surface area contributed by atoms with Gasteiger partial charge in [-0.3, -0.25) is 4.98 Å². The molecule has 0 bridgehead atoms. The van der Waals surface area contributed by atoms with Gasteiger partial charge in [0.2, 0.25) is 0 Å². The molecular formula is C19H20FN5. The zero-order valence-corrected chi connectivity index (χ0v) is 13.9. The molecule has 5 nitrogen and oxygen atoms in total. The molecule has 1 fully saturated rings. The minimum atomic E-state index is -0.223. The molecule has 1 aliphatic rings. The van der Waals surface area contributed by atoms with Crippen LogP contribution in [0.2, 0.25) is 0 Å². The lowest BCUT2D eigenvalue weighted by Crippen LogP contribution is -2.38. The molecule has 0 spiro atoms. The number of halogens is 1. The highest BCUT2D eigenvalue weighted by Crippen LogP contribution is 2.23. The second kappa shape index (κ2) is 7.11. The average molecular weight is 337 g/mol. The molecule has 1 N–H and O–H groups in total. The van der Waals surface area contributed by atoms with Crippen molar-refractivity contribution in [2.24, 2.45) is 0 Å². The zero-order chi connectivity index (χ0) is 17.1. The van der Waals surface area contributed by atoms with Gasteiger partial charge in [-0.1, -0.05) is 6.07 Å². The summed E-state index contributed by atoms with van der Waals surface area (Å²) in [5.74, 6) is 0.698. The molecule has 0 unspecified atom stereocenters. The normalized spacial score (nSPS) is 17.3. The molecule has 2 aromatic heterocycles. The second-order valence-electron chi connectivity index (χ2n) is 6.34. The Labute approximate surface area is 145 Å². The van der Waals surface area contributed by atoms with Gasteiger partial charge in [0.05, 0.1) is 5.52 Å². The van der Waals surface area contributed by atoms with Crippen LogP contribution in [0.25, 0.3) is 10.9 Å². The third-order valence-corrected chi connectivity index (χ3v) is 4.67. The highest BCUT2D eigenvalue weighted by atomic mass is 19.1. The first-order valence-corrected chi connectivity index (χ1v) is 8.59. The Bertz CT molecular complexity index is 855. The summed E-state index contributed by atoms with van der Waals surface area (Å²) >= 11 is 0. The maximum Gasteiger partial charge on any atom is 0.151 e. The van der Waals surface area contributed by atoms with Crippen LogP contribution >= 0.6 is 0 Å². The topological polar surface area (TPSA) is 53.9 Å². The number of pyridine rings is 1. The Balaban J connectivity index is 1.44. The maximum absolute atomic E-state index is 13.8. The highest BCUT2D eigenvalue weighted by Gasteiger charge is 2.25. The number of anilines is 1. The number of benzene rings is 1. The van der Waals surface area contributed by atoms with Crippen LogP contribution < -0.4 is 10.2 Å². The number of rotatable bonds is 5. The summed E-state index contributed by atoms with van der Waals surface area (Å²) in [4.78, 5) is 6.69. The van der Waals surface area contributed by atoms with Gasteiger partial charge < -0.3 is 10.2 Å². The Morgan fingerprint density at radius 1 is 1.20 bits per heavy atom. The van der Waals surface area contributed by atoms with E-state index in [0.717, 1.165) is 48.2 Å². The van der Waals surface area contributed by atoms with Crippen LogP contribution in [-0.2, 0) is 6.54 Å². The summed E-state index contributed by atoms with van der Waals surface area (Å²) in [7, 11) is 0. The highest BCUT2D eigenvalue weighted by molar-refractivity contribution is 5.81. The van der Waals surface area contributed by atoms with Crippen molar-refractivity contribution in [1.29, 1.82) is 0 Å². The van der Waals surface area contributed by atoms with E-state index >= 15 is 0 Å². The Morgan fingerprint density at radius 3 is 3.00 bits per heavy atom. The van der Waals surface area contributed by atoms with Crippen LogP contribution in [0, 0.1) is 5.82 Å². The van der Waals surface area contributed by atoms with Crippen molar-refractivity contribution in [3.8, 4) is 0 Å². The van der Waals surface area contributed by atoms with E-state index in [2.05, 4.69) is 25.4 Å². The fraction of sp³-hybridized carbons (Fsp3) is 0.316. The fourth-order valence-corrected chi connectivity index (χ4v) is 3.53. The number of nitrogens with one attached hydrogen (secondary N) is 1. The summed E-state index contributed by atoms with van der Waals surface area (Å²) < 4.78 is 13.8. The van der Waals surface area contributed by atoms with E-state index in [1.807, 2.05) is 24.3 Å². The average Bonchev–Trinajstić information content (AvgIpc) is 3.11. The van der Waals surface area contributed by atoms with Gasteiger partial charge in [-0.05, 0) is 48.7 Å². The van der Waals surface area contributed by atoms with E-state index in [0.29, 0.717) is 12.6 Å². The molecule has 0 radical (unpaired) electrons. The van der Waals surface area contributed by atoms with Crippen LogP contribution in [0.4, 0.5) is 10.2 Å². The number of hydrogen-bond donors (Lipinski definition) is 1. The van der Waals surface area contributed by atoms with E-state index in [9.17, 15) is 4.39 Å². The molecule has 0 aliphatic carbocycles. The second-order valence-corrected chi connectivity index (χ2v) is 6.34. The monoisotopic (exact) mass is 337 g/mol. The minimum absolute atomic E-state index is 0.223. The Hall–Kier alpha value is -2.60. The number of aromatic nitrogens is 3. The number of hydrogen-bond acceptors (Lipinski definition) is 5. The molecule has 6 heteroatoms. The van der Waals surface area contributed by atoms with Gasteiger partial charge in [-0.25, -0.2) is 4.39 Å². The minimum Gasteiger partial charge on any atom is -0.351 e. The summed E-state index contributed by atoms with van der Waals surface area (Å²) in [6, 6.07) is 11.1. The van der Waals surface area contributed by atoms with Crippen molar-refractivity contribution in [2.45, 2.75) is 25.4 Å². The molecule has 1 aromatic carbocycles. The molecule has 1 atom stereocenters. The smallest absolute Gasteiger partial charge is 0.151 e. The molecule has 0 saturated carbocycles. The summed E-state index contributed by atoms with van der Waals surface area (Å²) in [5, 5.41) is 12.5. The van der Waals surface area contributed by atoms with Gasteiger partial charge in [0, 0.05) is 43.5 Å². The van der Waals surface area contributed by atoms with Gasteiger partial charge in [0.25, 0.3) is 0 Å². The predicted molar refractivity (Wildman–Crippen MR) is 95.8 cm³/mol. The van der Waals surface area contributed by atoms with Gasteiger partial charge >= 0.3 is 0 Å². The standard InChI is InChI=1S/C19H20FN5/c20-16-10-14-4-1-7-22-19(14)15(11-16)12-21-13-17-5-3-9-25(17)18-6-2-8-23-24-18/h1-2,4,6-8,10-11,17,21H,3,5,9,12-13H2/t17-/m1/s1. The van der Waals surface area contributed by atoms with Crippen LogP contribution in [0.5, 0.6) is 0 Å². The summed E-state index contributed by atoms with van der Waals surface area (Å²) in [6.07, 6.45) is 5.70. The van der Waals surface area contributed by atoms with Crippen LogP contribution in [0.15, 0.2) is 48.8 Å². The lowest BCUT2D eigenvalue weighted by molar-refractivity contribution is 0.567. The molecule has 128 valence electrons. The van der Waals surface area contributed by atoms with Gasteiger partial charge in [-0.15, -0.1) is 5.10 Å². The molecule has 1 saturated heterocycles. The molecule has 25 heavy (non-hydrogen) atoms.